The first-order valence-electron chi connectivity index (χ1n) is 6.49. The Balaban J connectivity index is 0.000000240. The van der Waals surface area contributed by atoms with Crippen LogP contribution in [0.15, 0.2) is 12.1 Å². The van der Waals surface area contributed by atoms with E-state index in [1.165, 1.54) is 6.07 Å². The summed E-state index contributed by atoms with van der Waals surface area (Å²) in [5.74, 6) is -0.825. The van der Waals surface area contributed by atoms with Gasteiger partial charge in [0.15, 0.2) is 0 Å². The summed E-state index contributed by atoms with van der Waals surface area (Å²) in [6, 6.07) is 3.09. The van der Waals surface area contributed by atoms with E-state index in [4.69, 9.17) is 46.1 Å². The number of aryl methyl sites for hydroxylation is 2. The van der Waals surface area contributed by atoms with Crippen LogP contribution in [0.25, 0.3) is 0 Å². The lowest BCUT2D eigenvalue weighted by molar-refractivity contribution is 0.0991. The molecule has 0 aliphatic heterocycles. The van der Waals surface area contributed by atoms with Crippen LogP contribution in [0, 0.1) is 13.8 Å². The number of carbonyl (C=O) groups is 2. The fraction of sp³-hybridized carbons (Fsp3) is 0.143. The van der Waals surface area contributed by atoms with Gasteiger partial charge in [-0.3, -0.25) is 9.59 Å². The zero-order chi connectivity index (χ0) is 18.6. The molecule has 0 atom stereocenters. The number of hydrogen-bond donors (Lipinski definition) is 4. The number of hydrogen-bond acceptors (Lipinski definition) is 6. The van der Waals surface area contributed by atoms with Crippen LogP contribution in [0.2, 0.25) is 10.3 Å². The summed E-state index contributed by atoms with van der Waals surface area (Å²) in [6.07, 6.45) is 0. The number of aromatic nitrogens is 2. The fourth-order valence-corrected chi connectivity index (χ4v) is 2.53. The number of nitrogens with two attached hydrogens (primary N) is 4. The monoisotopic (exact) mass is 370 g/mol. The molecule has 0 aliphatic rings. The Morgan fingerprint density at radius 3 is 1.83 bits per heavy atom. The van der Waals surface area contributed by atoms with Gasteiger partial charge < -0.3 is 22.9 Å². The number of pyridine rings is 2. The molecule has 0 fully saturated rings. The van der Waals surface area contributed by atoms with E-state index in [0.717, 1.165) is 0 Å². The van der Waals surface area contributed by atoms with Gasteiger partial charge >= 0.3 is 0 Å². The Kier molecular flexibility index (Phi) is 6.33. The lowest BCUT2D eigenvalue weighted by Crippen LogP contribution is -2.16. The Bertz CT molecular complexity index is 696. The summed E-state index contributed by atoms with van der Waals surface area (Å²) in [5.41, 5.74) is 22.7. The highest BCUT2D eigenvalue weighted by molar-refractivity contribution is 6.33. The molecule has 128 valence electrons. The standard InChI is InChI=1S/2C7H8ClN3O/c1-3-2-4(9)11-6(8)5(3)7(10)12;1-3-2-4(8)11-6(9)5(3)7(10)12/h2*2H,1H3,(H2,9,11)(H2,10,12). The minimum Gasteiger partial charge on any atom is -0.384 e. The Morgan fingerprint density at radius 1 is 0.917 bits per heavy atom. The van der Waals surface area contributed by atoms with Crippen LogP contribution >= 0.6 is 23.2 Å². The molecule has 24 heavy (non-hydrogen) atoms. The SMILES string of the molecule is Cc1cc(Cl)nc(N)c1C(N)=O.Cc1cc(N)nc(Cl)c1C(N)=O. The van der Waals surface area contributed by atoms with E-state index in [1.54, 1.807) is 19.9 Å². The first-order chi connectivity index (χ1) is 11.0. The summed E-state index contributed by atoms with van der Waals surface area (Å²) in [6.45, 7) is 3.40. The zero-order valence-electron chi connectivity index (χ0n) is 12.9. The molecule has 8 N–H and O–H groups in total. The molecule has 10 heteroatoms. The molecule has 0 aromatic carbocycles. The Labute approximate surface area is 148 Å². The van der Waals surface area contributed by atoms with E-state index in [0.29, 0.717) is 11.1 Å². The first kappa shape index (κ1) is 19.5. The predicted octanol–water partition coefficient (Wildman–Crippen LogP) is 1.45. The van der Waals surface area contributed by atoms with Crippen molar-refractivity contribution in [2.75, 3.05) is 11.5 Å². The van der Waals surface area contributed by atoms with Gasteiger partial charge in [0.05, 0.1) is 11.1 Å². The number of amides is 2. The van der Waals surface area contributed by atoms with Gasteiger partial charge in [-0.1, -0.05) is 23.2 Å². The van der Waals surface area contributed by atoms with E-state index >= 15 is 0 Å². The highest BCUT2D eigenvalue weighted by atomic mass is 35.5. The van der Waals surface area contributed by atoms with Crippen molar-refractivity contribution < 1.29 is 9.59 Å². The molecule has 2 aromatic heterocycles. The fourth-order valence-electron chi connectivity index (χ4n) is 1.93. The van der Waals surface area contributed by atoms with Crippen LogP contribution in [0.5, 0.6) is 0 Å². The average Bonchev–Trinajstić information content (AvgIpc) is 2.35. The Morgan fingerprint density at radius 2 is 1.42 bits per heavy atom. The minimum absolute atomic E-state index is 0.0556. The molecule has 2 heterocycles. The number of anilines is 2. The second-order valence-corrected chi connectivity index (χ2v) is 5.53. The number of primary amides is 2. The topological polar surface area (TPSA) is 164 Å². The van der Waals surface area contributed by atoms with E-state index in [2.05, 4.69) is 9.97 Å². The number of nitrogen functional groups attached to an aromatic ring is 2. The first-order valence-corrected chi connectivity index (χ1v) is 7.25. The number of nitrogens with zero attached hydrogens (tertiary/aromatic N) is 2. The van der Waals surface area contributed by atoms with E-state index in [1.807, 2.05) is 0 Å². The molecular weight excluding hydrogens is 355 g/mol. The molecule has 8 nitrogen and oxygen atoms in total. The van der Waals surface area contributed by atoms with Crippen molar-refractivity contribution in [1.29, 1.82) is 0 Å². The minimum atomic E-state index is -0.593. The largest absolute Gasteiger partial charge is 0.384 e. The predicted molar refractivity (Wildman–Crippen MR) is 93.8 cm³/mol. The van der Waals surface area contributed by atoms with Crippen molar-refractivity contribution in [3.8, 4) is 0 Å². The quantitative estimate of drug-likeness (QED) is 0.584. The number of halogens is 2. The molecule has 0 saturated heterocycles. The van der Waals surface area contributed by atoms with Gasteiger partial charge in [0.25, 0.3) is 11.8 Å². The number of carbonyl (C=O) groups excluding carboxylic acids is 2. The third-order valence-corrected chi connectivity index (χ3v) is 3.37. The summed E-state index contributed by atoms with van der Waals surface area (Å²) in [5, 5.41) is 0.315. The Hall–Kier alpha value is -2.58. The maximum absolute atomic E-state index is 10.8. The molecule has 0 unspecified atom stereocenters. The van der Waals surface area contributed by atoms with E-state index in [-0.39, 0.29) is 33.1 Å². The smallest absolute Gasteiger partial charge is 0.252 e. The second kappa shape index (κ2) is 7.80. The summed E-state index contributed by atoms with van der Waals surface area (Å²) in [4.78, 5) is 29.0. The highest BCUT2D eigenvalue weighted by Crippen LogP contribution is 2.19. The van der Waals surface area contributed by atoms with Crippen molar-refractivity contribution in [1.82, 2.24) is 9.97 Å². The molecule has 2 rings (SSSR count). The molecular formula is C14H16Cl2N6O2. The molecule has 0 saturated carbocycles. The zero-order valence-corrected chi connectivity index (χ0v) is 14.4. The van der Waals surface area contributed by atoms with Crippen LogP contribution < -0.4 is 22.9 Å². The molecule has 0 aliphatic carbocycles. The lowest BCUT2D eigenvalue weighted by atomic mass is 10.1. The van der Waals surface area contributed by atoms with Crippen LogP contribution in [0.1, 0.15) is 31.8 Å². The van der Waals surface area contributed by atoms with E-state index < -0.39 is 11.8 Å². The molecule has 2 aromatic rings. The lowest BCUT2D eigenvalue weighted by Gasteiger charge is -2.04. The average molecular weight is 371 g/mol. The van der Waals surface area contributed by atoms with Gasteiger partial charge in [-0.25, -0.2) is 9.97 Å². The molecule has 0 spiro atoms. The third-order valence-electron chi connectivity index (χ3n) is 2.90. The van der Waals surface area contributed by atoms with Crippen molar-refractivity contribution in [3.63, 3.8) is 0 Å². The van der Waals surface area contributed by atoms with Crippen molar-refractivity contribution >= 4 is 46.7 Å². The second-order valence-electron chi connectivity index (χ2n) is 4.78. The van der Waals surface area contributed by atoms with Gasteiger partial charge in [0.2, 0.25) is 0 Å². The van der Waals surface area contributed by atoms with Crippen molar-refractivity contribution in [3.05, 3.63) is 44.7 Å². The van der Waals surface area contributed by atoms with Crippen LogP contribution in [-0.4, -0.2) is 21.8 Å². The normalized spacial score (nSPS) is 9.83. The van der Waals surface area contributed by atoms with E-state index in [9.17, 15) is 9.59 Å². The highest BCUT2D eigenvalue weighted by Gasteiger charge is 2.12. The third kappa shape index (κ3) is 4.71. The summed E-state index contributed by atoms with van der Waals surface area (Å²) < 4.78 is 0. The molecule has 0 radical (unpaired) electrons. The van der Waals surface area contributed by atoms with Gasteiger partial charge in [0.1, 0.15) is 21.9 Å². The van der Waals surface area contributed by atoms with Gasteiger partial charge in [0, 0.05) is 0 Å². The molecule has 0 bridgehead atoms. The van der Waals surface area contributed by atoms with Gasteiger partial charge in [-0.2, -0.15) is 0 Å². The van der Waals surface area contributed by atoms with Gasteiger partial charge in [-0.15, -0.1) is 0 Å². The van der Waals surface area contributed by atoms with Crippen LogP contribution in [-0.2, 0) is 0 Å². The van der Waals surface area contributed by atoms with Crippen LogP contribution in [0.3, 0.4) is 0 Å². The molecule has 2 amide bonds. The maximum Gasteiger partial charge on any atom is 0.252 e. The van der Waals surface area contributed by atoms with Crippen LogP contribution in [0.4, 0.5) is 11.6 Å². The van der Waals surface area contributed by atoms with Gasteiger partial charge in [-0.05, 0) is 37.1 Å². The van der Waals surface area contributed by atoms with Crippen molar-refractivity contribution in [2.24, 2.45) is 11.5 Å². The summed E-state index contributed by atoms with van der Waals surface area (Å²) >= 11 is 11.2. The number of rotatable bonds is 2. The summed E-state index contributed by atoms with van der Waals surface area (Å²) in [7, 11) is 0. The van der Waals surface area contributed by atoms with Crippen molar-refractivity contribution in [2.45, 2.75) is 13.8 Å². The maximum atomic E-state index is 10.8.